The van der Waals surface area contributed by atoms with Crippen molar-refractivity contribution in [1.82, 2.24) is 40.9 Å². The van der Waals surface area contributed by atoms with E-state index in [1.807, 2.05) is 0 Å². The van der Waals surface area contributed by atoms with Crippen LogP contribution >= 0.6 is 0 Å². The normalized spacial score (nSPS) is 20.1. The molecule has 0 saturated carbocycles. The SMILES string of the molecule is O=CN1CCNCC1.O=CN1CCNCC1.O=CN1CCNCC1.O=CN1CCNCC1.[LiH]. The van der Waals surface area contributed by atoms with Gasteiger partial charge in [-0.3, -0.25) is 19.2 Å². The van der Waals surface area contributed by atoms with Crippen molar-refractivity contribution in [3.8, 4) is 0 Å². The fraction of sp³-hybridized carbons (Fsp3) is 0.800. The van der Waals surface area contributed by atoms with Gasteiger partial charge in [0.25, 0.3) is 0 Å². The Balaban J connectivity index is 0.000000410. The first kappa shape index (κ1) is 31.3. The van der Waals surface area contributed by atoms with E-state index in [0.717, 1.165) is 130 Å². The zero-order valence-corrected chi connectivity index (χ0v) is 19.0. The number of nitrogens with one attached hydrogen (secondary N) is 4. The molecule has 4 fully saturated rings. The Morgan fingerprint density at radius 1 is 0.364 bits per heavy atom. The van der Waals surface area contributed by atoms with Gasteiger partial charge in [0, 0.05) is 105 Å². The molecule has 0 radical (unpaired) electrons. The predicted octanol–water partition coefficient (Wildman–Crippen LogP) is -4.46. The second-order valence-electron chi connectivity index (χ2n) is 7.57. The molecule has 33 heavy (non-hydrogen) atoms. The molecule has 0 spiro atoms. The number of carbonyl (C=O) groups is 4. The Morgan fingerprint density at radius 2 is 0.515 bits per heavy atom. The van der Waals surface area contributed by atoms with Crippen molar-refractivity contribution in [2.45, 2.75) is 0 Å². The minimum absolute atomic E-state index is 0. The molecule has 0 bridgehead atoms. The minimum atomic E-state index is 0. The zero-order chi connectivity index (χ0) is 23.3. The number of hydrogen-bond acceptors (Lipinski definition) is 8. The molecule has 4 rings (SSSR count). The Morgan fingerprint density at radius 3 is 0.606 bits per heavy atom. The van der Waals surface area contributed by atoms with Gasteiger partial charge in [0.2, 0.25) is 25.6 Å². The first-order valence-electron chi connectivity index (χ1n) is 11.3. The molecule has 4 saturated heterocycles. The van der Waals surface area contributed by atoms with E-state index in [2.05, 4.69) is 21.3 Å². The quantitative estimate of drug-likeness (QED) is 0.242. The van der Waals surface area contributed by atoms with Crippen molar-refractivity contribution in [3.63, 3.8) is 0 Å². The number of piperazine rings is 4. The van der Waals surface area contributed by atoms with Crippen LogP contribution in [0.5, 0.6) is 0 Å². The number of amides is 4. The van der Waals surface area contributed by atoms with E-state index in [-0.39, 0.29) is 18.9 Å². The van der Waals surface area contributed by atoms with Gasteiger partial charge in [-0.05, 0) is 0 Å². The number of nitrogens with zero attached hydrogens (tertiary/aromatic N) is 4. The zero-order valence-electron chi connectivity index (χ0n) is 19.0. The first-order chi connectivity index (χ1) is 15.7. The molecular weight excluding hydrogens is 423 g/mol. The second kappa shape index (κ2) is 22.1. The summed E-state index contributed by atoms with van der Waals surface area (Å²) in [6.07, 6.45) is 3.61. The summed E-state index contributed by atoms with van der Waals surface area (Å²) in [4.78, 5) is 47.3. The Hall–Kier alpha value is -1.68. The topological polar surface area (TPSA) is 129 Å². The van der Waals surface area contributed by atoms with Gasteiger partial charge in [0.05, 0.1) is 0 Å². The maximum absolute atomic E-state index is 10.1. The van der Waals surface area contributed by atoms with Gasteiger partial charge in [0.1, 0.15) is 0 Å². The molecule has 0 aliphatic carbocycles. The van der Waals surface area contributed by atoms with Crippen molar-refractivity contribution in [1.29, 1.82) is 0 Å². The Labute approximate surface area is 209 Å². The molecule has 0 aromatic heterocycles. The van der Waals surface area contributed by atoms with Crippen molar-refractivity contribution in [3.05, 3.63) is 0 Å². The molecule has 0 atom stereocenters. The number of carbonyl (C=O) groups excluding carboxylic acids is 4. The van der Waals surface area contributed by atoms with Crippen LogP contribution in [0.15, 0.2) is 0 Å². The van der Waals surface area contributed by atoms with Crippen LogP contribution in [0.3, 0.4) is 0 Å². The van der Waals surface area contributed by atoms with E-state index >= 15 is 0 Å². The fourth-order valence-corrected chi connectivity index (χ4v) is 3.15. The third kappa shape index (κ3) is 16.6. The summed E-state index contributed by atoms with van der Waals surface area (Å²) < 4.78 is 0. The van der Waals surface area contributed by atoms with Crippen LogP contribution in [0.1, 0.15) is 0 Å². The molecule has 186 valence electrons. The molecule has 0 aromatic carbocycles. The van der Waals surface area contributed by atoms with Crippen molar-refractivity contribution in [2.24, 2.45) is 0 Å². The molecule has 13 heteroatoms. The van der Waals surface area contributed by atoms with E-state index in [4.69, 9.17) is 0 Å². The molecule has 0 unspecified atom stereocenters. The molecule has 12 nitrogen and oxygen atoms in total. The Kier molecular flexibility index (Phi) is 21.0. The van der Waals surface area contributed by atoms with Gasteiger partial charge < -0.3 is 40.9 Å². The van der Waals surface area contributed by atoms with Crippen molar-refractivity contribution in [2.75, 3.05) is 105 Å². The average Bonchev–Trinajstić information content (AvgIpc) is 2.91. The van der Waals surface area contributed by atoms with Crippen LogP contribution in [0.2, 0.25) is 0 Å². The summed E-state index contributed by atoms with van der Waals surface area (Å²) in [7, 11) is 0. The molecule has 4 amide bonds. The summed E-state index contributed by atoms with van der Waals surface area (Å²) in [5, 5.41) is 12.6. The van der Waals surface area contributed by atoms with Gasteiger partial charge in [-0.2, -0.15) is 0 Å². The average molecular weight is 465 g/mol. The first-order valence-corrected chi connectivity index (χ1v) is 11.3. The predicted molar refractivity (Wildman–Crippen MR) is 129 cm³/mol. The fourth-order valence-electron chi connectivity index (χ4n) is 3.15. The van der Waals surface area contributed by atoms with Gasteiger partial charge >= 0.3 is 18.9 Å². The summed E-state index contributed by atoms with van der Waals surface area (Å²) in [5.74, 6) is 0. The van der Waals surface area contributed by atoms with E-state index in [1.54, 1.807) is 19.6 Å². The summed E-state index contributed by atoms with van der Waals surface area (Å²) in [5.41, 5.74) is 0. The van der Waals surface area contributed by atoms with Gasteiger partial charge in [-0.15, -0.1) is 0 Å². The van der Waals surface area contributed by atoms with E-state index in [1.165, 1.54) is 0 Å². The van der Waals surface area contributed by atoms with Crippen LogP contribution in [0.4, 0.5) is 0 Å². The van der Waals surface area contributed by atoms with E-state index in [9.17, 15) is 19.2 Å². The Bertz CT molecular complexity index is 408. The molecule has 4 aliphatic heterocycles. The molecule has 4 N–H and O–H groups in total. The monoisotopic (exact) mass is 464 g/mol. The standard InChI is InChI=1S/4C5H10N2O.Li.H/c4*8-5-7-3-1-6-2-4-7;;/h4*5-6H,1-4H2;;. The van der Waals surface area contributed by atoms with Crippen molar-refractivity contribution >= 4 is 44.5 Å². The van der Waals surface area contributed by atoms with Crippen LogP contribution < -0.4 is 21.3 Å². The van der Waals surface area contributed by atoms with Gasteiger partial charge in [-0.25, -0.2) is 0 Å². The van der Waals surface area contributed by atoms with Crippen LogP contribution in [-0.2, 0) is 19.2 Å². The van der Waals surface area contributed by atoms with E-state index < -0.39 is 0 Å². The molecule has 4 aliphatic rings. The summed E-state index contributed by atoms with van der Waals surface area (Å²) in [6.45, 7) is 14.5. The molecular formula is C20H41LiN8O4. The van der Waals surface area contributed by atoms with Crippen LogP contribution in [0.25, 0.3) is 0 Å². The van der Waals surface area contributed by atoms with E-state index in [0.29, 0.717) is 0 Å². The molecule has 4 heterocycles. The second-order valence-corrected chi connectivity index (χ2v) is 7.57. The maximum atomic E-state index is 10.1. The summed E-state index contributed by atoms with van der Waals surface area (Å²) >= 11 is 0. The van der Waals surface area contributed by atoms with Crippen LogP contribution in [0, 0.1) is 0 Å². The van der Waals surface area contributed by atoms with Crippen LogP contribution in [-0.4, -0.2) is 169 Å². The third-order valence-corrected chi connectivity index (χ3v) is 5.20. The van der Waals surface area contributed by atoms with Gasteiger partial charge in [0.15, 0.2) is 0 Å². The summed E-state index contributed by atoms with van der Waals surface area (Å²) in [6, 6.07) is 0. The number of rotatable bonds is 4. The third-order valence-electron chi connectivity index (χ3n) is 5.20. The molecule has 0 aromatic rings. The van der Waals surface area contributed by atoms with Crippen molar-refractivity contribution < 1.29 is 19.2 Å². The van der Waals surface area contributed by atoms with Gasteiger partial charge in [-0.1, -0.05) is 0 Å². The number of hydrogen-bond donors (Lipinski definition) is 4.